The zero-order valence-electron chi connectivity index (χ0n) is 15.1. The molecule has 1 aromatic carbocycles. The van der Waals surface area contributed by atoms with Gasteiger partial charge in [0.15, 0.2) is 5.96 Å². The summed E-state index contributed by atoms with van der Waals surface area (Å²) in [5.41, 5.74) is 1.09. The molecule has 1 aromatic heterocycles. The highest BCUT2D eigenvalue weighted by Gasteiger charge is 2.30. The molecule has 2 N–H and O–H groups in total. The highest BCUT2D eigenvalue weighted by Crippen LogP contribution is 2.31. The fourth-order valence-corrected chi connectivity index (χ4v) is 2.56. The highest BCUT2D eigenvalue weighted by atomic mass is 19.4. The Morgan fingerprint density at radius 1 is 1.27 bits per heavy atom. The lowest BCUT2D eigenvalue weighted by Crippen LogP contribution is -2.38. The fourth-order valence-electron chi connectivity index (χ4n) is 2.56. The van der Waals surface area contributed by atoms with Gasteiger partial charge in [-0.05, 0) is 30.0 Å². The molecule has 0 aliphatic heterocycles. The van der Waals surface area contributed by atoms with E-state index in [0.29, 0.717) is 31.0 Å². The molecule has 0 spiro atoms. The Kier molecular flexibility index (Phi) is 6.65. The largest absolute Gasteiger partial charge is 0.416 e. The quantitative estimate of drug-likeness (QED) is 0.608. The standard InChI is InChI=1S/C18H24F3N5/c1-13(14-5-4-6-15(11-14)18(19,20)21)7-9-23-17(22-2)24-12-16-8-10-25-26(16)3/h4-6,8,10-11,13H,7,9,12H2,1-3H3,(H2,22,23,24). The summed E-state index contributed by atoms with van der Waals surface area (Å²) in [6.45, 7) is 3.10. The molecule has 1 unspecified atom stereocenters. The van der Waals surface area contributed by atoms with Crippen LogP contribution in [0.5, 0.6) is 0 Å². The monoisotopic (exact) mass is 367 g/mol. The number of aryl methyl sites for hydroxylation is 1. The first-order chi connectivity index (χ1) is 12.3. The summed E-state index contributed by atoms with van der Waals surface area (Å²) in [6.07, 6.45) is -1.90. The first-order valence-corrected chi connectivity index (χ1v) is 8.40. The van der Waals surface area contributed by atoms with Crippen LogP contribution in [0.4, 0.5) is 13.2 Å². The van der Waals surface area contributed by atoms with Crippen molar-refractivity contribution in [1.29, 1.82) is 0 Å². The van der Waals surface area contributed by atoms with Crippen molar-refractivity contribution >= 4 is 5.96 Å². The molecule has 2 rings (SSSR count). The number of aliphatic imine (C=N–C) groups is 1. The van der Waals surface area contributed by atoms with Gasteiger partial charge in [-0.2, -0.15) is 18.3 Å². The fraction of sp³-hybridized carbons (Fsp3) is 0.444. The van der Waals surface area contributed by atoms with Crippen molar-refractivity contribution in [2.75, 3.05) is 13.6 Å². The Morgan fingerprint density at radius 3 is 2.65 bits per heavy atom. The van der Waals surface area contributed by atoms with Crippen molar-refractivity contribution in [3.05, 3.63) is 53.3 Å². The molecule has 26 heavy (non-hydrogen) atoms. The molecule has 1 heterocycles. The second-order valence-corrected chi connectivity index (χ2v) is 6.11. The molecular formula is C18H24F3N5. The Labute approximate surface area is 151 Å². The van der Waals surface area contributed by atoms with Crippen LogP contribution in [-0.2, 0) is 19.8 Å². The van der Waals surface area contributed by atoms with Crippen LogP contribution in [-0.4, -0.2) is 29.3 Å². The predicted molar refractivity (Wildman–Crippen MR) is 95.9 cm³/mol. The summed E-state index contributed by atoms with van der Waals surface area (Å²) >= 11 is 0. The Hall–Kier alpha value is -2.51. The third-order valence-electron chi connectivity index (χ3n) is 4.24. The molecule has 5 nitrogen and oxygen atoms in total. The third kappa shape index (κ3) is 5.50. The molecule has 0 bridgehead atoms. The molecule has 0 fully saturated rings. The number of alkyl halides is 3. The van der Waals surface area contributed by atoms with E-state index in [-0.39, 0.29) is 5.92 Å². The van der Waals surface area contributed by atoms with E-state index in [1.165, 1.54) is 12.1 Å². The molecular weight excluding hydrogens is 343 g/mol. The van der Waals surface area contributed by atoms with Gasteiger partial charge in [0.2, 0.25) is 0 Å². The van der Waals surface area contributed by atoms with Gasteiger partial charge in [-0.3, -0.25) is 9.67 Å². The SMILES string of the molecule is CN=C(NCCC(C)c1cccc(C(F)(F)F)c1)NCc1ccnn1C. The van der Waals surface area contributed by atoms with E-state index in [4.69, 9.17) is 0 Å². The molecule has 8 heteroatoms. The van der Waals surface area contributed by atoms with Gasteiger partial charge in [0, 0.05) is 26.8 Å². The van der Waals surface area contributed by atoms with Crippen LogP contribution < -0.4 is 10.6 Å². The lowest BCUT2D eigenvalue weighted by molar-refractivity contribution is -0.137. The van der Waals surface area contributed by atoms with Crippen LogP contribution in [0.1, 0.15) is 36.1 Å². The summed E-state index contributed by atoms with van der Waals surface area (Å²) in [5.74, 6) is 0.641. The maximum absolute atomic E-state index is 12.8. The van der Waals surface area contributed by atoms with Crippen molar-refractivity contribution in [2.24, 2.45) is 12.0 Å². The van der Waals surface area contributed by atoms with Crippen molar-refractivity contribution in [3.63, 3.8) is 0 Å². The molecule has 0 saturated heterocycles. The molecule has 2 aromatic rings. The summed E-state index contributed by atoms with van der Waals surface area (Å²) in [6, 6.07) is 7.42. The molecule has 142 valence electrons. The number of nitrogens with one attached hydrogen (secondary N) is 2. The van der Waals surface area contributed by atoms with Gasteiger partial charge in [0.25, 0.3) is 0 Å². The minimum Gasteiger partial charge on any atom is -0.356 e. The van der Waals surface area contributed by atoms with E-state index in [2.05, 4.69) is 20.7 Å². The number of aromatic nitrogens is 2. The molecule has 0 amide bonds. The van der Waals surface area contributed by atoms with Crippen molar-refractivity contribution in [1.82, 2.24) is 20.4 Å². The number of guanidine groups is 1. The predicted octanol–water partition coefficient (Wildman–Crippen LogP) is 3.30. The maximum Gasteiger partial charge on any atom is 0.416 e. The summed E-state index contributed by atoms with van der Waals surface area (Å²) in [5, 5.41) is 10.5. The van der Waals surface area contributed by atoms with Crippen LogP contribution in [0.3, 0.4) is 0 Å². The molecule has 1 atom stereocenters. The molecule has 0 saturated carbocycles. The smallest absolute Gasteiger partial charge is 0.356 e. The van der Waals surface area contributed by atoms with Crippen LogP contribution in [0.2, 0.25) is 0 Å². The maximum atomic E-state index is 12.8. The van der Waals surface area contributed by atoms with Gasteiger partial charge >= 0.3 is 6.18 Å². The minimum absolute atomic E-state index is 0.0000186. The van der Waals surface area contributed by atoms with Crippen LogP contribution >= 0.6 is 0 Å². The Bertz CT molecular complexity index is 736. The van der Waals surface area contributed by atoms with E-state index >= 15 is 0 Å². The molecule has 0 aliphatic carbocycles. The number of hydrogen-bond donors (Lipinski definition) is 2. The number of benzene rings is 1. The summed E-state index contributed by atoms with van der Waals surface area (Å²) < 4.78 is 40.2. The van der Waals surface area contributed by atoms with Crippen molar-refractivity contribution in [3.8, 4) is 0 Å². The number of hydrogen-bond acceptors (Lipinski definition) is 2. The van der Waals surface area contributed by atoms with Gasteiger partial charge < -0.3 is 10.6 Å². The summed E-state index contributed by atoms with van der Waals surface area (Å²) in [4.78, 5) is 4.15. The lowest BCUT2D eigenvalue weighted by Gasteiger charge is -2.16. The van der Waals surface area contributed by atoms with Crippen LogP contribution in [0.15, 0.2) is 41.5 Å². The highest BCUT2D eigenvalue weighted by molar-refractivity contribution is 5.79. The second-order valence-electron chi connectivity index (χ2n) is 6.11. The number of nitrogens with zero attached hydrogens (tertiary/aromatic N) is 3. The first kappa shape index (κ1) is 19.8. The topological polar surface area (TPSA) is 54.2 Å². The normalized spacial score (nSPS) is 13.5. The zero-order chi connectivity index (χ0) is 19.2. The van der Waals surface area contributed by atoms with E-state index < -0.39 is 11.7 Å². The van der Waals surface area contributed by atoms with Crippen LogP contribution in [0.25, 0.3) is 0 Å². The first-order valence-electron chi connectivity index (χ1n) is 8.40. The minimum atomic E-state index is -4.31. The van der Waals surface area contributed by atoms with Crippen molar-refractivity contribution in [2.45, 2.75) is 32.0 Å². The van der Waals surface area contributed by atoms with E-state index in [9.17, 15) is 13.2 Å². The van der Waals surface area contributed by atoms with Gasteiger partial charge in [0.1, 0.15) is 0 Å². The Balaban J connectivity index is 1.83. The molecule has 0 radical (unpaired) electrons. The number of rotatable bonds is 6. The summed E-state index contributed by atoms with van der Waals surface area (Å²) in [7, 11) is 3.54. The van der Waals surface area contributed by atoms with Gasteiger partial charge in [-0.1, -0.05) is 25.1 Å². The van der Waals surface area contributed by atoms with Gasteiger partial charge in [-0.25, -0.2) is 0 Å². The van der Waals surface area contributed by atoms with E-state index in [1.807, 2.05) is 20.0 Å². The van der Waals surface area contributed by atoms with E-state index in [1.54, 1.807) is 24.0 Å². The van der Waals surface area contributed by atoms with Crippen LogP contribution in [0, 0.1) is 0 Å². The Morgan fingerprint density at radius 2 is 2.04 bits per heavy atom. The third-order valence-corrected chi connectivity index (χ3v) is 4.24. The average molecular weight is 367 g/mol. The number of halogens is 3. The molecule has 0 aliphatic rings. The van der Waals surface area contributed by atoms with Gasteiger partial charge in [0.05, 0.1) is 17.8 Å². The van der Waals surface area contributed by atoms with E-state index in [0.717, 1.165) is 11.8 Å². The average Bonchev–Trinajstić information content (AvgIpc) is 3.02. The zero-order valence-corrected chi connectivity index (χ0v) is 15.1. The van der Waals surface area contributed by atoms with Crippen molar-refractivity contribution < 1.29 is 13.2 Å². The van der Waals surface area contributed by atoms with Gasteiger partial charge in [-0.15, -0.1) is 0 Å². The lowest BCUT2D eigenvalue weighted by atomic mass is 9.96. The second kappa shape index (κ2) is 8.73.